The summed E-state index contributed by atoms with van der Waals surface area (Å²) < 4.78 is 13.3. The van der Waals surface area contributed by atoms with Gasteiger partial charge in [0.1, 0.15) is 11.5 Å². The molecule has 0 aliphatic heterocycles. The third kappa shape index (κ3) is 2.29. The fourth-order valence-corrected chi connectivity index (χ4v) is 3.35. The molecule has 0 radical (unpaired) electrons. The number of hydrogen-bond acceptors (Lipinski definition) is 2. The Hall–Kier alpha value is -2.94. The van der Waals surface area contributed by atoms with Gasteiger partial charge >= 0.3 is 0 Å². The Morgan fingerprint density at radius 2 is 1.38 bits per heavy atom. The van der Waals surface area contributed by atoms with E-state index in [0.717, 1.165) is 23.6 Å². The van der Waals surface area contributed by atoms with E-state index in [1.165, 1.54) is 21.8 Å². The van der Waals surface area contributed by atoms with E-state index in [2.05, 4.69) is 53.1 Å². The van der Waals surface area contributed by atoms with Crippen LogP contribution in [0.5, 0.6) is 11.5 Å². The number of methoxy groups -OCH3 is 2. The Labute approximate surface area is 141 Å². The standard InChI is InChI=1S/C21H19NO2/c1-23-16-11-12-21(24-2)15(13-16)14-22-19-9-5-3-7-17(19)18-8-4-6-10-20(18)22/h3-13H,14H2,1-2H3. The summed E-state index contributed by atoms with van der Waals surface area (Å²) in [6.45, 7) is 0.731. The molecule has 1 aromatic heterocycles. The number of aromatic nitrogens is 1. The van der Waals surface area contributed by atoms with Crippen LogP contribution in [0.4, 0.5) is 0 Å². The first-order valence-corrected chi connectivity index (χ1v) is 7.98. The second kappa shape index (κ2) is 5.93. The fraction of sp³-hybridized carbons (Fsp3) is 0.143. The van der Waals surface area contributed by atoms with Gasteiger partial charge in [0.25, 0.3) is 0 Å². The van der Waals surface area contributed by atoms with Crippen LogP contribution in [0.1, 0.15) is 5.56 Å². The van der Waals surface area contributed by atoms with Crippen LogP contribution in [0.3, 0.4) is 0 Å². The number of ether oxygens (including phenoxy) is 2. The van der Waals surface area contributed by atoms with Crippen molar-refractivity contribution in [3.05, 3.63) is 72.3 Å². The Morgan fingerprint density at radius 1 is 0.750 bits per heavy atom. The molecule has 0 saturated carbocycles. The summed E-state index contributed by atoms with van der Waals surface area (Å²) >= 11 is 0. The number of hydrogen-bond donors (Lipinski definition) is 0. The van der Waals surface area contributed by atoms with Crippen molar-refractivity contribution in [1.82, 2.24) is 4.57 Å². The van der Waals surface area contributed by atoms with Gasteiger partial charge in [-0.2, -0.15) is 0 Å². The first-order valence-electron chi connectivity index (χ1n) is 7.98. The van der Waals surface area contributed by atoms with Crippen molar-refractivity contribution in [2.45, 2.75) is 6.54 Å². The average molecular weight is 317 g/mol. The van der Waals surface area contributed by atoms with Gasteiger partial charge in [-0.1, -0.05) is 36.4 Å². The summed E-state index contributed by atoms with van der Waals surface area (Å²) in [4.78, 5) is 0. The predicted octanol–water partition coefficient (Wildman–Crippen LogP) is 4.86. The maximum Gasteiger partial charge on any atom is 0.124 e. The van der Waals surface area contributed by atoms with Gasteiger partial charge in [-0.25, -0.2) is 0 Å². The topological polar surface area (TPSA) is 23.4 Å². The first kappa shape index (κ1) is 14.6. The summed E-state index contributed by atoms with van der Waals surface area (Å²) in [5.74, 6) is 1.71. The van der Waals surface area contributed by atoms with Crippen LogP contribution in [0.25, 0.3) is 21.8 Å². The fourth-order valence-electron chi connectivity index (χ4n) is 3.35. The smallest absolute Gasteiger partial charge is 0.124 e. The lowest BCUT2D eigenvalue weighted by molar-refractivity contribution is 0.398. The van der Waals surface area contributed by atoms with E-state index in [4.69, 9.17) is 9.47 Å². The van der Waals surface area contributed by atoms with Crippen molar-refractivity contribution in [3.63, 3.8) is 0 Å². The molecule has 4 rings (SSSR count). The average Bonchev–Trinajstić information content (AvgIpc) is 2.96. The zero-order valence-corrected chi connectivity index (χ0v) is 13.8. The van der Waals surface area contributed by atoms with Gasteiger partial charge in [0.2, 0.25) is 0 Å². The Bertz CT molecular complexity index is 964. The highest BCUT2D eigenvalue weighted by Gasteiger charge is 2.12. The van der Waals surface area contributed by atoms with Crippen molar-refractivity contribution >= 4 is 21.8 Å². The highest BCUT2D eigenvalue weighted by atomic mass is 16.5. The van der Waals surface area contributed by atoms with Crippen LogP contribution in [0, 0.1) is 0 Å². The van der Waals surface area contributed by atoms with Gasteiger partial charge in [-0.3, -0.25) is 0 Å². The van der Waals surface area contributed by atoms with Crippen molar-refractivity contribution in [2.24, 2.45) is 0 Å². The number of para-hydroxylation sites is 2. The summed E-state index contributed by atoms with van der Waals surface area (Å²) in [7, 11) is 3.39. The number of nitrogens with zero attached hydrogens (tertiary/aromatic N) is 1. The molecule has 0 fully saturated rings. The molecule has 0 atom stereocenters. The lowest BCUT2D eigenvalue weighted by atomic mass is 10.2. The van der Waals surface area contributed by atoms with E-state index in [-0.39, 0.29) is 0 Å². The van der Waals surface area contributed by atoms with Crippen LogP contribution < -0.4 is 9.47 Å². The number of fused-ring (bicyclic) bond motifs is 3. The van der Waals surface area contributed by atoms with Gasteiger partial charge in [0.15, 0.2) is 0 Å². The van der Waals surface area contributed by atoms with E-state index >= 15 is 0 Å². The first-order chi connectivity index (χ1) is 11.8. The molecule has 0 amide bonds. The van der Waals surface area contributed by atoms with Crippen molar-refractivity contribution in [2.75, 3.05) is 14.2 Å². The van der Waals surface area contributed by atoms with Crippen LogP contribution in [-0.4, -0.2) is 18.8 Å². The zero-order chi connectivity index (χ0) is 16.5. The third-order valence-electron chi connectivity index (χ3n) is 4.50. The molecular weight excluding hydrogens is 298 g/mol. The minimum absolute atomic E-state index is 0.731. The minimum Gasteiger partial charge on any atom is -0.497 e. The molecule has 0 spiro atoms. The molecule has 3 aromatic carbocycles. The largest absolute Gasteiger partial charge is 0.497 e. The molecule has 1 heterocycles. The van der Waals surface area contributed by atoms with Gasteiger partial charge in [-0.05, 0) is 30.3 Å². The van der Waals surface area contributed by atoms with Crippen LogP contribution in [-0.2, 0) is 6.54 Å². The highest BCUT2D eigenvalue weighted by Crippen LogP contribution is 2.32. The van der Waals surface area contributed by atoms with E-state index in [1.807, 2.05) is 18.2 Å². The van der Waals surface area contributed by atoms with E-state index in [0.29, 0.717) is 0 Å². The summed E-state index contributed by atoms with van der Waals surface area (Å²) in [5, 5.41) is 2.55. The van der Waals surface area contributed by atoms with Gasteiger partial charge in [-0.15, -0.1) is 0 Å². The van der Waals surface area contributed by atoms with Crippen molar-refractivity contribution < 1.29 is 9.47 Å². The molecule has 4 aromatic rings. The summed E-state index contributed by atoms with van der Waals surface area (Å²) in [6.07, 6.45) is 0. The van der Waals surface area contributed by atoms with E-state index < -0.39 is 0 Å². The molecule has 0 aliphatic carbocycles. The highest BCUT2D eigenvalue weighted by molar-refractivity contribution is 6.08. The number of rotatable bonds is 4. The lowest BCUT2D eigenvalue weighted by Crippen LogP contribution is -2.02. The van der Waals surface area contributed by atoms with Crippen LogP contribution >= 0.6 is 0 Å². The maximum atomic E-state index is 5.55. The molecule has 120 valence electrons. The molecule has 0 saturated heterocycles. The summed E-state index contributed by atoms with van der Waals surface area (Å²) in [5.41, 5.74) is 3.55. The van der Waals surface area contributed by atoms with Crippen molar-refractivity contribution in [1.29, 1.82) is 0 Å². The SMILES string of the molecule is COc1ccc(OC)c(Cn2c3ccccc3c3ccccc32)c1. The predicted molar refractivity (Wildman–Crippen MR) is 98.1 cm³/mol. The van der Waals surface area contributed by atoms with E-state index in [1.54, 1.807) is 14.2 Å². The molecule has 24 heavy (non-hydrogen) atoms. The van der Waals surface area contributed by atoms with Crippen molar-refractivity contribution in [3.8, 4) is 11.5 Å². The Kier molecular flexibility index (Phi) is 3.62. The van der Waals surface area contributed by atoms with Gasteiger partial charge < -0.3 is 14.0 Å². The normalized spacial score (nSPS) is 11.1. The summed E-state index contributed by atoms with van der Waals surface area (Å²) in [6, 6.07) is 23.0. The molecule has 0 aliphatic rings. The molecule has 3 nitrogen and oxygen atoms in total. The minimum atomic E-state index is 0.731. The monoisotopic (exact) mass is 317 g/mol. The van der Waals surface area contributed by atoms with Crippen LogP contribution in [0.2, 0.25) is 0 Å². The second-order valence-electron chi connectivity index (χ2n) is 5.80. The number of benzene rings is 3. The molecular formula is C21H19NO2. The Balaban J connectivity index is 1.94. The Morgan fingerprint density at radius 3 is 1.96 bits per heavy atom. The zero-order valence-electron chi connectivity index (χ0n) is 13.8. The van der Waals surface area contributed by atoms with Gasteiger partial charge in [0.05, 0.1) is 20.8 Å². The van der Waals surface area contributed by atoms with Gasteiger partial charge in [0, 0.05) is 27.4 Å². The van der Waals surface area contributed by atoms with Crippen LogP contribution in [0.15, 0.2) is 66.7 Å². The molecule has 3 heteroatoms. The molecule has 0 bridgehead atoms. The maximum absolute atomic E-state index is 5.55. The quantitative estimate of drug-likeness (QED) is 0.536. The molecule has 0 N–H and O–H groups in total. The lowest BCUT2D eigenvalue weighted by Gasteiger charge is -2.13. The third-order valence-corrected chi connectivity index (χ3v) is 4.50. The molecule has 0 unspecified atom stereocenters. The van der Waals surface area contributed by atoms with E-state index in [9.17, 15) is 0 Å². The second-order valence-corrected chi connectivity index (χ2v) is 5.80.